The number of aromatic nitrogens is 2. The maximum Gasteiger partial charge on any atom is 0.471 e. The summed E-state index contributed by atoms with van der Waals surface area (Å²) in [5.41, 5.74) is 0.616. The van der Waals surface area contributed by atoms with E-state index in [0.717, 1.165) is 6.42 Å². The molecular weight excluding hydrogens is 363 g/mol. The summed E-state index contributed by atoms with van der Waals surface area (Å²) in [5.74, 6) is -1.49. The fourth-order valence-electron chi connectivity index (χ4n) is 4.07. The van der Waals surface area contributed by atoms with Crippen LogP contribution < -0.4 is 5.32 Å². The van der Waals surface area contributed by atoms with Crippen LogP contribution in [0.3, 0.4) is 0 Å². The first-order valence-electron chi connectivity index (χ1n) is 8.62. The van der Waals surface area contributed by atoms with Gasteiger partial charge in [-0.05, 0) is 18.6 Å². The van der Waals surface area contributed by atoms with Gasteiger partial charge in [-0.25, -0.2) is 0 Å². The average Bonchev–Trinajstić information content (AvgIpc) is 3.27. The number of hydrogen-bond acceptors (Lipinski definition) is 5. The Kier molecular flexibility index (Phi) is 4.03. The van der Waals surface area contributed by atoms with Crippen LogP contribution in [-0.2, 0) is 10.9 Å². The predicted molar refractivity (Wildman–Crippen MR) is 87.6 cm³/mol. The van der Waals surface area contributed by atoms with E-state index in [0.29, 0.717) is 23.7 Å². The number of nitrogens with zero attached hydrogens (tertiary/aromatic N) is 2. The van der Waals surface area contributed by atoms with Gasteiger partial charge in [0.25, 0.3) is 5.91 Å². The van der Waals surface area contributed by atoms with Crippen molar-refractivity contribution in [3.05, 3.63) is 35.7 Å². The molecule has 0 unspecified atom stereocenters. The van der Waals surface area contributed by atoms with Crippen LogP contribution >= 0.6 is 0 Å². The van der Waals surface area contributed by atoms with Crippen molar-refractivity contribution < 1.29 is 27.2 Å². The van der Waals surface area contributed by atoms with Crippen LogP contribution in [0.15, 0.2) is 28.8 Å². The highest BCUT2D eigenvalue weighted by molar-refractivity contribution is 5.95. The van der Waals surface area contributed by atoms with E-state index in [9.17, 15) is 18.0 Å². The zero-order chi connectivity index (χ0) is 19.4. The fraction of sp³-hybridized carbons (Fsp3) is 0.500. The summed E-state index contributed by atoms with van der Waals surface area (Å²) in [4.78, 5) is 15.9. The molecule has 1 aromatic heterocycles. The van der Waals surface area contributed by atoms with Crippen molar-refractivity contribution in [1.82, 2.24) is 15.5 Å². The summed E-state index contributed by atoms with van der Waals surface area (Å²) in [6.45, 7) is 4.86. The van der Waals surface area contributed by atoms with Crippen molar-refractivity contribution in [2.24, 2.45) is 11.3 Å². The van der Waals surface area contributed by atoms with Crippen molar-refractivity contribution >= 4 is 5.91 Å². The third kappa shape index (κ3) is 2.99. The number of ether oxygens (including phenoxy) is 1. The summed E-state index contributed by atoms with van der Waals surface area (Å²) in [6, 6.07) is 6.08. The molecule has 1 aliphatic heterocycles. The number of rotatable bonds is 3. The van der Waals surface area contributed by atoms with E-state index in [1.807, 2.05) is 0 Å². The van der Waals surface area contributed by atoms with Gasteiger partial charge in [-0.15, -0.1) is 0 Å². The van der Waals surface area contributed by atoms with Gasteiger partial charge in [0.2, 0.25) is 5.82 Å². The highest BCUT2D eigenvalue weighted by Crippen LogP contribution is 2.52. The second-order valence-corrected chi connectivity index (χ2v) is 7.51. The van der Waals surface area contributed by atoms with Gasteiger partial charge in [-0.2, -0.15) is 18.2 Å². The van der Waals surface area contributed by atoms with Gasteiger partial charge in [0.05, 0.1) is 6.10 Å². The maximum absolute atomic E-state index is 12.6. The molecular formula is C18H18F3N3O3. The summed E-state index contributed by atoms with van der Waals surface area (Å²) in [5, 5.41) is 6.39. The lowest BCUT2D eigenvalue weighted by Gasteiger charge is -2.54. The first-order chi connectivity index (χ1) is 12.7. The molecule has 0 bridgehead atoms. The second kappa shape index (κ2) is 6.05. The molecule has 27 heavy (non-hydrogen) atoms. The third-order valence-electron chi connectivity index (χ3n) is 5.46. The zero-order valence-corrected chi connectivity index (χ0v) is 14.7. The number of fused-ring (bicyclic) bond motifs is 1. The smallest absolute Gasteiger partial charge is 0.377 e. The lowest BCUT2D eigenvalue weighted by atomic mass is 9.57. The first-order valence-corrected chi connectivity index (χ1v) is 8.62. The Morgan fingerprint density at radius 1 is 1.26 bits per heavy atom. The summed E-state index contributed by atoms with van der Waals surface area (Å²) < 4.78 is 47.6. The number of halogens is 3. The van der Waals surface area contributed by atoms with Gasteiger partial charge in [0.15, 0.2) is 0 Å². The molecule has 1 amide bonds. The van der Waals surface area contributed by atoms with E-state index in [1.54, 1.807) is 0 Å². The van der Waals surface area contributed by atoms with Crippen LogP contribution in [0.2, 0.25) is 0 Å². The molecule has 0 spiro atoms. The summed E-state index contributed by atoms with van der Waals surface area (Å²) >= 11 is 0. The van der Waals surface area contributed by atoms with Crippen molar-refractivity contribution in [3.8, 4) is 11.4 Å². The lowest BCUT2D eigenvalue weighted by Crippen LogP contribution is -2.66. The van der Waals surface area contributed by atoms with Crippen molar-refractivity contribution in [2.75, 3.05) is 6.61 Å². The Labute approximate surface area is 153 Å². The molecule has 4 rings (SSSR count). The standard InChI is InChI=1S/C18H18F3N3O3/c1-17(2)12(11-7-8-26-13(11)17)22-15(25)10-5-3-9(4-6-10)14-23-16(27-24-14)18(19,20)21/h3-6,11-13H,7-8H2,1-2H3,(H,22,25)/t11-,12-,13+/m1/s1. The quantitative estimate of drug-likeness (QED) is 0.883. The lowest BCUT2D eigenvalue weighted by molar-refractivity contribution is -0.159. The molecule has 2 fully saturated rings. The molecule has 2 aliphatic rings. The second-order valence-electron chi connectivity index (χ2n) is 7.51. The highest BCUT2D eigenvalue weighted by Gasteiger charge is 2.59. The minimum atomic E-state index is -4.69. The minimum Gasteiger partial charge on any atom is -0.377 e. The molecule has 1 saturated carbocycles. The minimum absolute atomic E-state index is 0.0312. The van der Waals surface area contributed by atoms with E-state index < -0.39 is 12.1 Å². The van der Waals surface area contributed by atoms with Gasteiger partial charge in [0.1, 0.15) is 0 Å². The number of carbonyl (C=O) groups excluding carboxylic acids is 1. The van der Waals surface area contributed by atoms with Gasteiger partial charge in [0, 0.05) is 35.1 Å². The van der Waals surface area contributed by atoms with Crippen LogP contribution in [0.4, 0.5) is 13.2 Å². The SMILES string of the molecule is CC1(C)[C@H](NC(=O)c2ccc(-c3noc(C(F)(F)F)n3)cc2)[C@H]2CCO[C@@H]21. The van der Waals surface area contributed by atoms with Crippen molar-refractivity contribution in [3.63, 3.8) is 0 Å². The maximum atomic E-state index is 12.6. The van der Waals surface area contributed by atoms with Crippen LogP contribution in [0, 0.1) is 11.3 Å². The first kappa shape index (κ1) is 18.0. The molecule has 1 aliphatic carbocycles. The van der Waals surface area contributed by atoms with Gasteiger partial charge in [-0.1, -0.05) is 31.1 Å². The number of benzene rings is 1. The molecule has 1 aromatic carbocycles. The normalized spacial score (nSPS) is 26.3. The van der Waals surface area contributed by atoms with E-state index >= 15 is 0 Å². The Morgan fingerprint density at radius 2 is 1.96 bits per heavy atom. The molecule has 0 radical (unpaired) electrons. The molecule has 1 saturated heterocycles. The zero-order valence-electron chi connectivity index (χ0n) is 14.7. The predicted octanol–water partition coefficient (Wildman–Crippen LogP) is 3.30. The molecule has 1 N–H and O–H groups in total. The summed E-state index contributed by atoms with van der Waals surface area (Å²) in [6.07, 6.45) is -3.59. The Hall–Kier alpha value is -2.42. The number of nitrogens with one attached hydrogen (secondary N) is 1. The van der Waals surface area contributed by atoms with Crippen LogP contribution in [-0.4, -0.2) is 34.8 Å². The van der Waals surface area contributed by atoms with Crippen LogP contribution in [0.5, 0.6) is 0 Å². The van der Waals surface area contributed by atoms with Crippen molar-refractivity contribution in [2.45, 2.75) is 38.6 Å². The van der Waals surface area contributed by atoms with E-state index in [-0.39, 0.29) is 29.3 Å². The molecule has 2 aromatic rings. The molecule has 2 heterocycles. The topological polar surface area (TPSA) is 77.3 Å². The van der Waals surface area contributed by atoms with E-state index in [2.05, 4.69) is 33.8 Å². The van der Waals surface area contributed by atoms with Gasteiger partial charge < -0.3 is 14.6 Å². The molecule has 9 heteroatoms. The third-order valence-corrected chi connectivity index (χ3v) is 5.46. The molecule has 144 valence electrons. The fourth-order valence-corrected chi connectivity index (χ4v) is 4.07. The van der Waals surface area contributed by atoms with Gasteiger partial charge in [-0.3, -0.25) is 4.79 Å². The Morgan fingerprint density at radius 3 is 2.59 bits per heavy atom. The van der Waals surface area contributed by atoms with Crippen LogP contribution in [0.25, 0.3) is 11.4 Å². The number of alkyl halides is 3. The monoisotopic (exact) mass is 381 g/mol. The van der Waals surface area contributed by atoms with E-state index in [4.69, 9.17) is 4.74 Å². The number of hydrogen-bond donors (Lipinski definition) is 1. The van der Waals surface area contributed by atoms with E-state index in [1.165, 1.54) is 24.3 Å². The highest BCUT2D eigenvalue weighted by atomic mass is 19.4. The summed E-state index contributed by atoms with van der Waals surface area (Å²) in [7, 11) is 0. The van der Waals surface area contributed by atoms with Gasteiger partial charge >= 0.3 is 12.1 Å². The number of carbonyl (C=O) groups is 1. The largest absolute Gasteiger partial charge is 0.471 e. The van der Waals surface area contributed by atoms with Crippen LogP contribution in [0.1, 0.15) is 36.5 Å². The molecule has 6 nitrogen and oxygen atoms in total. The Balaban J connectivity index is 1.46. The average molecular weight is 381 g/mol. The number of amides is 1. The van der Waals surface area contributed by atoms with Crippen molar-refractivity contribution in [1.29, 1.82) is 0 Å². The Bertz CT molecular complexity index is 861. The molecule has 3 atom stereocenters.